The van der Waals surface area contributed by atoms with E-state index in [0.29, 0.717) is 10.9 Å². The van der Waals surface area contributed by atoms with Gasteiger partial charge >= 0.3 is 11.9 Å². The van der Waals surface area contributed by atoms with Crippen molar-refractivity contribution in [3.05, 3.63) is 95.0 Å². The number of nitrogens with one attached hydrogen (secondary N) is 1. The molecule has 0 radical (unpaired) electrons. The van der Waals surface area contributed by atoms with E-state index in [1.807, 2.05) is 48.5 Å². The molecule has 38 heavy (non-hydrogen) atoms. The SMILES string of the molecule is CCC(OC(=O)c1cccc2cccc(-c3nc4ccccc4s3)c12)C(=O)Nc1ccc(Cl)c(C(=O)O)c1. The summed E-state index contributed by atoms with van der Waals surface area (Å²) >= 11 is 7.45. The van der Waals surface area contributed by atoms with E-state index >= 15 is 0 Å². The molecule has 1 unspecified atom stereocenters. The van der Waals surface area contributed by atoms with Gasteiger partial charge < -0.3 is 15.2 Å². The van der Waals surface area contributed by atoms with Crippen LogP contribution in [0.15, 0.2) is 78.9 Å². The quantitative estimate of drug-likeness (QED) is 0.213. The third-order valence-electron chi connectivity index (χ3n) is 6.03. The molecular formula is C29H21ClN2O5S. The lowest BCUT2D eigenvalue weighted by molar-refractivity contribution is -0.124. The Morgan fingerprint density at radius 2 is 1.76 bits per heavy atom. The molecule has 1 heterocycles. The van der Waals surface area contributed by atoms with Gasteiger partial charge in [0.2, 0.25) is 0 Å². The monoisotopic (exact) mass is 544 g/mol. The van der Waals surface area contributed by atoms with Crippen LogP contribution in [0, 0.1) is 0 Å². The molecule has 1 amide bonds. The zero-order valence-corrected chi connectivity index (χ0v) is 21.7. The average molecular weight is 545 g/mol. The molecule has 0 saturated carbocycles. The minimum Gasteiger partial charge on any atom is -0.478 e. The van der Waals surface area contributed by atoms with Crippen molar-refractivity contribution in [1.82, 2.24) is 4.98 Å². The number of para-hydroxylation sites is 1. The van der Waals surface area contributed by atoms with E-state index in [1.54, 1.807) is 19.1 Å². The standard InChI is InChI=1S/C29H21ClN2O5S/c1-2-23(26(33)31-17-13-14-21(30)20(15-17)28(34)35)37-29(36)19-10-6-8-16-7-5-9-18(25(16)19)27-32-22-11-3-4-12-24(22)38-27/h3-15,23H,2H2,1H3,(H,31,33)(H,34,35). The molecular weight excluding hydrogens is 524 g/mol. The van der Waals surface area contributed by atoms with Gasteiger partial charge in [0.25, 0.3) is 5.91 Å². The second kappa shape index (κ2) is 10.6. The second-order valence-corrected chi connectivity index (χ2v) is 9.93. The van der Waals surface area contributed by atoms with E-state index in [2.05, 4.69) is 5.32 Å². The molecule has 0 aliphatic carbocycles. The van der Waals surface area contributed by atoms with Crippen LogP contribution in [0.1, 0.15) is 34.1 Å². The van der Waals surface area contributed by atoms with Gasteiger partial charge in [-0.3, -0.25) is 4.79 Å². The van der Waals surface area contributed by atoms with Crippen LogP contribution in [-0.4, -0.2) is 34.0 Å². The van der Waals surface area contributed by atoms with Crippen molar-refractivity contribution in [2.75, 3.05) is 5.32 Å². The second-order valence-electron chi connectivity index (χ2n) is 8.49. The number of carboxylic acid groups (broad SMARTS) is 1. The van der Waals surface area contributed by atoms with Crippen molar-refractivity contribution in [3.8, 4) is 10.6 Å². The fraction of sp³-hybridized carbons (Fsp3) is 0.103. The van der Waals surface area contributed by atoms with Crippen molar-refractivity contribution in [1.29, 1.82) is 0 Å². The van der Waals surface area contributed by atoms with Gasteiger partial charge in [-0.15, -0.1) is 11.3 Å². The summed E-state index contributed by atoms with van der Waals surface area (Å²) in [7, 11) is 0. The first-order chi connectivity index (χ1) is 18.4. The van der Waals surface area contributed by atoms with E-state index < -0.39 is 23.9 Å². The zero-order chi connectivity index (χ0) is 26.8. The summed E-state index contributed by atoms with van der Waals surface area (Å²) in [5, 5.41) is 14.3. The first kappa shape index (κ1) is 25.4. The topological polar surface area (TPSA) is 106 Å². The number of benzene rings is 4. The number of amides is 1. The molecule has 2 N–H and O–H groups in total. The Labute approximate surface area is 226 Å². The number of rotatable bonds is 7. The van der Waals surface area contributed by atoms with Gasteiger partial charge in [0, 0.05) is 16.6 Å². The third-order valence-corrected chi connectivity index (χ3v) is 7.43. The van der Waals surface area contributed by atoms with Crippen molar-refractivity contribution >= 4 is 67.5 Å². The number of fused-ring (bicyclic) bond motifs is 2. The number of hydrogen-bond acceptors (Lipinski definition) is 6. The highest BCUT2D eigenvalue weighted by Gasteiger charge is 2.25. The number of hydrogen-bond donors (Lipinski definition) is 2. The molecule has 0 aliphatic heterocycles. The third kappa shape index (κ3) is 4.96. The maximum atomic E-state index is 13.4. The van der Waals surface area contributed by atoms with Crippen LogP contribution < -0.4 is 5.32 Å². The van der Waals surface area contributed by atoms with Gasteiger partial charge in [0.05, 0.1) is 26.4 Å². The number of carboxylic acids is 1. The van der Waals surface area contributed by atoms with Crippen LogP contribution >= 0.6 is 22.9 Å². The summed E-state index contributed by atoms with van der Waals surface area (Å²) < 4.78 is 6.71. The molecule has 1 aromatic heterocycles. The van der Waals surface area contributed by atoms with Crippen molar-refractivity contribution in [2.24, 2.45) is 0 Å². The fourth-order valence-corrected chi connectivity index (χ4v) is 5.38. The van der Waals surface area contributed by atoms with E-state index in [9.17, 15) is 19.5 Å². The number of nitrogens with zero attached hydrogens (tertiary/aromatic N) is 1. The molecule has 0 bridgehead atoms. The first-order valence-electron chi connectivity index (χ1n) is 11.8. The van der Waals surface area contributed by atoms with Gasteiger partial charge in [-0.2, -0.15) is 0 Å². The Kier molecular flexibility index (Phi) is 7.09. The molecule has 5 aromatic rings. The largest absolute Gasteiger partial charge is 0.478 e. The molecule has 0 fully saturated rings. The smallest absolute Gasteiger partial charge is 0.339 e. The van der Waals surface area contributed by atoms with Gasteiger partial charge in [-0.25, -0.2) is 14.6 Å². The molecule has 190 valence electrons. The number of aromatic carboxylic acids is 1. The number of halogens is 1. The lowest BCUT2D eigenvalue weighted by Gasteiger charge is -2.17. The highest BCUT2D eigenvalue weighted by molar-refractivity contribution is 7.21. The number of carbonyl (C=O) groups is 3. The van der Waals surface area contributed by atoms with Crippen LogP contribution in [0.2, 0.25) is 5.02 Å². The Hall–Kier alpha value is -4.27. The Morgan fingerprint density at radius 3 is 2.50 bits per heavy atom. The number of anilines is 1. The van der Waals surface area contributed by atoms with Gasteiger partial charge in [-0.1, -0.05) is 61.0 Å². The summed E-state index contributed by atoms with van der Waals surface area (Å²) in [5.74, 6) is -2.44. The number of ether oxygens (including phenoxy) is 1. The van der Waals surface area contributed by atoms with Gasteiger partial charge in [0.15, 0.2) is 6.10 Å². The van der Waals surface area contributed by atoms with E-state index in [-0.39, 0.29) is 22.7 Å². The van der Waals surface area contributed by atoms with Crippen LogP contribution in [-0.2, 0) is 9.53 Å². The number of thiazole rings is 1. The maximum Gasteiger partial charge on any atom is 0.339 e. The Morgan fingerprint density at radius 1 is 1.00 bits per heavy atom. The molecule has 5 rings (SSSR count). The summed E-state index contributed by atoms with van der Waals surface area (Å²) in [6.45, 7) is 1.72. The predicted molar refractivity (Wildman–Crippen MR) is 149 cm³/mol. The minimum absolute atomic E-state index is 0.0499. The normalized spacial score (nSPS) is 11.8. The number of carbonyl (C=O) groups excluding carboxylic acids is 2. The van der Waals surface area contributed by atoms with Crippen molar-refractivity contribution in [2.45, 2.75) is 19.4 Å². The van der Waals surface area contributed by atoms with E-state index in [0.717, 1.165) is 26.2 Å². The highest BCUT2D eigenvalue weighted by atomic mass is 35.5. The van der Waals surface area contributed by atoms with Crippen molar-refractivity contribution < 1.29 is 24.2 Å². The van der Waals surface area contributed by atoms with Crippen LogP contribution in [0.25, 0.3) is 31.6 Å². The van der Waals surface area contributed by atoms with Gasteiger partial charge in [0.1, 0.15) is 5.01 Å². The maximum absolute atomic E-state index is 13.4. The molecule has 0 saturated heterocycles. The van der Waals surface area contributed by atoms with E-state index in [1.165, 1.54) is 29.5 Å². The fourth-order valence-electron chi connectivity index (χ4n) is 4.18. The summed E-state index contributed by atoms with van der Waals surface area (Å²) in [4.78, 5) is 42.5. The first-order valence-corrected chi connectivity index (χ1v) is 13.0. The van der Waals surface area contributed by atoms with Crippen LogP contribution in [0.3, 0.4) is 0 Å². The summed E-state index contributed by atoms with van der Waals surface area (Å²) in [6.07, 6.45) is -0.886. The van der Waals surface area contributed by atoms with Crippen LogP contribution in [0.4, 0.5) is 5.69 Å². The lowest BCUT2D eigenvalue weighted by atomic mass is 9.99. The molecule has 1 atom stereocenters. The predicted octanol–water partition coefficient (Wildman–Crippen LogP) is 7.04. The Balaban J connectivity index is 1.45. The minimum atomic E-state index is -1.22. The zero-order valence-electron chi connectivity index (χ0n) is 20.1. The molecule has 0 spiro atoms. The number of aromatic nitrogens is 1. The average Bonchev–Trinajstić information content (AvgIpc) is 3.36. The van der Waals surface area contributed by atoms with E-state index in [4.69, 9.17) is 21.3 Å². The van der Waals surface area contributed by atoms with Crippen molar-refractivity contribution in [3.63, 3.8) is 0 Å². The van der Waals surface area contributed by atoms with Gasteiger partial charge in [-0.05, 0) is 48.2 Å². The molecule has 9 heteroatoms. The highest BCUT2D eigenvalue weighted by Crippen LogP contribution is 2.36. The lowest BCUT2D eigenvalue weighted by Crippen LogP contribution is -2.32. The molecule has 4 aromatic carbocycles. The Bertz CT molecular complexity index is 1680. The number of esters is 1. The van der Waals surface area contributed by atoms with Crippen LogP contribution in [0.5, 0.6) is 0 Å². The summed E-state index contributed by atoms with van der Waals surface area (Å²) in [5.41, 5.74) is 2.09. The summed E-state index contributed by atoms with van der Waals surface area (Å²) in [6, 6.07) is 23.0. The molecule has 7 nitrogen and oxygen atoms in total. The molecule has 0 aliphatic rings.